The standard InChI is InChI=1S/C9H6F6O/c1-2-3-16-9(15)7(13)5(11)4(10)6(12)8(9)14/h2,7H,1,3H2/t7-,9+/m1/s1. The van der Waals surface area contributed by atoms with Gasteiger partial charge in [-0.3, -0.25) is 0 Å². The highest BCUT2D eigenvalue weighted by molar-refractivity contribution is 5.37. The smallest absolute Gasteiger partial charge is 0.303 e. The first-order valence-corrected chi connectivity index (χ1v) is 4.05. The molecule has 0 fully saturated rings. The van der Waals surface area contributed by atoms with Crippen molar-refractivity contribution in [2.45, 2.75) is 12.0 Å². The molecule has 0 N–H and O–H groups in total. The SMILES string of the molecule is C=CCO[C@]1(F)C(F)=C(F)C(F)=C(F)[C@H]1F. The van der Waals surface area contributed by atoms with Crippen molar-refractivity contribution in [1.82, 2.24) is 0 Å². The lowest BCUT2D eigenvalue weighted by atomic mass is 10.0. The molecular weight excluding hydrogens is 238 g/mol. The maximum absolute atomic E-state index is 13.5. The van der Waals surface area contributed by atoms with Gasteiger partial charge in [-0.25, -0.2) is 26.3 Å². The minimum atomic E-state index is -4.00. The molecule has 0 radical (unpaired) electrons. The lowest BCUT2D eigenvalue weighted by molar-refractivity contribution is -0.163. The monoisotopic (exact) mass is 244 g/mol. The highest BCUT2D eigenvalue weighted by Gasteiger charge is 2.55. The van der Waals surface area contributed by atoms with Gasteiger partial charge < -0.3 is 4.74 Å². The predicted octanol–water partition coefficient (Wildman–Crippen LogP) is 3.51. The van der Waals surface area contributed by atoms with Crippen molar-refractivity contribution in [3.05, 3.63) is 36.0 Å². The molecule has 16 heavy (non-hydrogen) atoms. The summed E-state index contributed by atoms with van der Waals surface area (Å²) < 4.78 is 81.1. The average Bonchev–Trinajstić information content (AvgIpc) is 2.29. The van der Waals surface area contributed by atoms with Crippen LogP contribution >= 0.6 is 0 Å². The molecule has 0 spiro atoms. The zero-order valence-electron chi connectivity index (χ0n) is 7.74. The molecule has 7 heteroatoms. The van der Waals surface area contributed by atoms with Gasteiger partial charge in [0.2, 0.25) is 12.0 Å². The van der Waals surface area contributed by atoms with Gasteiger partial charge >= 0.3 is 5.85 Å². The Morgan fingerprint density at radius 3 is 2.31 bits per heavy atom. The normalized spacial score (nSPS) is 31.0. The van der Waals surface area contributed by atoms with E-state index in [0.717, 1.165) is 6.08 Å². The van der Waals surface area contributed by atoms with E-state index in [1.54, 1.807) is 0 Å². The summed E-state index contributed by atoms with van der Waals surface area (Å²) in [7, 11) is 0. The number of hydrogen-bond acceptors (Lipinski definition) is 1. The number of alkyl halides is 2. The molecule has 1 nitrogen and oxygen atoms in total. The van der Waals surface area contributed by atoms with Crippen molar-refractivity contribution >= 4 is 0 Å². The van der Waals surface area contributed by atoms with Gasteiger partial charge in [0, 0.05) is 0 Å². The lowest BCUT2D eigenvalue weighted by Gasteiger charge is -2.28. The third-order valence-electron chi connectivity index (χ3n) is 1.85. The Labute approximate surface area is 86.7 Å². The molecular formula is C9H6F6O. The molecule has 1 aliphatic rings. The van der Waals surface area contributed by atoms with Crippen LogP contribution in [0, 0.1) is 0 Å². The third-order valence-corrected chi connectivity index (χ3v) is 1.85. The summed E-state index contributed by atoms with van der Waals surface area (Å²) >= 11 is 0. The number of rotatable bonds is 3. The Bertz CT molecular complexity index is 374. The second kappa shape index (κ2) is 4.32. The molecule has 0 saturated heterocycles. The van der Waals surface area contributed by atoms with E-state index in [0.29, 0.717) is 0 Å². The van der Waals surface area contributed by atoms with Crippen LogP contribution in [-0.4, -0.2) is 18.6 Å². The Kier molecular flexibility index (Phi) is 3.47. The van der Waals surface area contributed by atoms with E-state index in [1.165, 1.54) is 0 Å². The molecule has 0 aromatic heterocycles. The van der Waals surface area contributed by atoms with Crippen LogP contribution in [-0.2, 0) is 4.74 Å². The number of hydrogen-bond donors (Lipinski definition) is 0. The fraction of sp³-hybridized carbons (Fsp3) is 0.333. The van der Waals surface area contributed by atoms with Gasteiger partial charge in [-0.1, -0.05) is 6.08 Å². The molecule has 0 bridgehead atoms. The molecule has 0 heterocycles. The second-order valence-electron chi connectivity index (χ2n) is 2.90. The fourth-order valence-electron chi connectivity index (χ4n) is 1.05. The zero-order valence-corrected chi connectivity index (χ0v) is 7.74. The average molecular weight is 244 g/mol. The molecule has 2 atom stereocenters. The van der Waals surface area contributed by atoms with Gasteiger partial charge in [0.05, 0.1) is 6.61 Å². The van der Waals surface area contributed by atoms with Crippen LogP contribution < -0.4 is 0 Å². The highest BCUT2D eigenvalue weighted by Crippen LogP contribution is 2.44. The highest BCUT2D eigenvalue weighted by atomic mass is 19.2. The molecule has 1 aliphatic carbocycles. The molecule has 0 aromatic carbocycles. The Morgan fingerprint density at radius 1 is 1.25 bits per heavy atom. The fourth-order valence-corrected chi connectivity index (χ4v) is 1.05. The topological polar surface area (TPSA) is 9.23 Å². The van der Waals surface area contributed by atoms with E-state index < -0.39 is 41.9 Å². The van der Waals surface area contributed by atoms with Crippen LogP contribution in [0.5, 0.6) is 0 Å². The largest absolute Gasteiger partial charge is 0.334 e. The predicted molar refractivity (Wildman–Crippen MR) is 43.4 cm³/mol. The van der Waals surface area contributed by atoms with Gasteiger partial charge in [0.1, 0.15) is 0 Å². The minimum Gasteiger partial charge on any atom is -0.334 e. The van der Waals surface area contributed by atoms with E-state index in [2.05, 4.69) is 11.3 Å². The Hall–Kier alpha value is -1.24. The number of allylic oxidation sites excluding steroid dienone is 2. The van der Waals surface area contributed by atoms with Gasteiger partial charge in [-0.05, 0) is 0 Å². The van der Waals surface area contributed by atoms with Crippen molar-refractivity contribution in [3.63, 3.8) is 0 Å². The van der Waals surface area contributed by atoms with Crippen molar-refractivity contribution in [2.24, 2.45) is 0 Å². The summed E-state index contributed by atoms with van der Waals surface area (Å²) in [5.74, 6) is -13.7. The van der Waals surface area contributed by atoms with Crippen molar-refractivity contribution in [2.75, 3.05) is 6.61 Å². The summed E-state index contributed by atoms with van der Waals surface area (Å²) in [6.07, 6.45) is -2.49. The lowest BCUT2D eigenvalue weighted by Crippen LogP contribution is -2.42. The van der Waals surface area contributed by atoms with Crippen LogP contribution in [0.4, 0.5) is 26.3 Å². The third kappa shape index (κ3) is 1.75. The number of ether oxygens (including phenoxy) is 1. The van der Waals surface area contributed by atoms with Gasteiger partial charge in [0.25, 0.3) is 0 Å². The molecule has 0 aromatic rings. The molecule has 90 valence electrons. The quantitative estimate of drug-likeness (QED) is 0.545. The van der Waals surface area contributed by atoms with Gasteiger partial charge in [-0.15, -0.1) is 6.58 Å². The first-order chi connectivity index (χ1) is 7.36. The minimum absolute atomic E-state index is 0.702. The Morgan fingerprint density at radius 2 is 1.81 bits per heavy atom. The summed E-state index contributed by atoms with van der Waals surface area (Å²) in [5.41, 5.74) is 0. The van der Waals surface area contributed by atoms with Crippen molar-refractivity contribution in [1.29, 1.82) is 0 Å². The molecule has 1 rings (SSSR count). The first kappa shape index (κ1) is 12.8. The summed E-state index contributed by atoms with van der Waals surface area (Å²) in [6.45, 7) is 2.35. The zero-order chi connectivity index (χ0) is 12.5. The van der Waals surface area contributed by atoms with Crippen LogP contribution in [0.2, 0.25) is 0 Å². The van der Waals surface area contributed by atoms with Crippen LogP contribution in [0.15, 0.2) is 36.0 Å². The summed E-state index contributed by atoms with van der Waals surface area (Å²) in [6, 6.07) is 0. The molecule has 0 saturated carbocycles. The van der Waals surface area contributed by atoms with Gasteiger partial charge in [0.15, 0.2) is 17.5 Å². The summed E-state index contributed by atoms with van der Waals surface area (Å²) in [5, 5.41) is 0. The van der Waals surface area contributed by atoms with E-state index >= 15 is 0 Å². The number of halogens is 6. The van der Waals surface area contributed by atoms with E-state index in [4.69, 9.17) is 0 Å². The summed E-state index contributed by atoms with van der Waals surface area (Å²) in [4.78, 5) is 0. The van der Waals surface area contributed by atoms with Crippen molar-refractivity contribution < 1.29 is 31.1 Å². The van der Waals surface area contributed by atoms with E-state index in [9.17, 15) is 26.3 Å². The van der Waals surface area contributed by atoms with E-state index in [-0.39, 0.29) is 0 Å². The molecule has 0 aliphatic heterocycles. The van der Waals surface area contributed by atoms with Crippen LogP contribution in [0.1, 0.15) is 0 Å². The Balaban J connectivity index is 3.18. The maximum atomic E-state index is 13.5. The van der Waals surface area contributed by atoms with Gasteiger partial charge in [-0.2, -0.15) is 0 Å². The second-order valence-corrected chi connectivity index (χ2v) is 2.90. The first-order valence-electron chi connectivity index (χ1n) is 4.05. The maximum Gasteiger partial charge on any atom is 0.303 e. The van der Waals surface area contributed by atoms with Crippen LogP contribution in [0.25, 0.3) is 0 Å². The molecule has 0 unspecified atom stereocenters. The van der Waals surface area contributed by atoms with Crippen molar-refractivity contribution in [3.8, 4) is 0 Å². The van der Waals surface area contributed by atoms with E-state index in [1.807, 2.05) is 0 Å². The molecule has 0 amide bonds. The van der Waals surface area contributed by atoms with Crippen LogP contribution in [0.3, 0.4) is 0 Å².